The zero-order valence-electron chi connectivity index (χ0n) is 16.9. The van der Waals surface area contributed by atoms with Gasteiger partial charge in [0.1, 0.15) is 17.2 Å². The van der Waals surface area contributed by atoms with Crippen LogP contribution in [-0.4, -0.2) is 47.9 Å². The van der Waals surface area contributed by atoms with Crippen LogP contribution >= 0.6 is 11.3 Å². The van der Waals surface area contributed by atoms with Gasteiger partial charge in [-0.3, -0.25) is 0 Å². The number of hydrogen-bond acceptors (Lipinski definition) is 7. The number of amides is 1. The van der Waals surface area contributed by atoms with Crippen molar-refractivity contribution in [3.63, 3.8) is 0 Å². The summed E-state index contributed by atoms with van der Waals surface area (Å²) in [4.78, 5) is 26.7. The predicted octanol–water partition coefficient (Wildman–Crippen LogP) is 4.33. The van der Waals surface area contributed by atoms with Crippen molar-refractivity contribution < 1.29 is 14.4 Å². The number of aromatic nitrogens is 1. The Morgan fingerprint density at radius 2 is 1.71 bits per heavy atom. The molecule has 1 fully saturated rings. The number of benzene rings is 2. The van der Waals surface area contributed by atoms with Gasteiger partial charge in [-0.05, 0) is 17.7 Å². The van der Waals surface area contributed by atoms with Crippen molar-refractivity contribution in [1.82, 2.24) is 9.88 Å². The lowest BCUT2D eigenvalue weighted by Crippen LogP contribution is -2.49. The molecular weight excluding hydrogens is 412 g/mol. The molecule has 0 radical (unpaired) electrons. The Kier molecular flexibility index (Phi) is 5.54. The molecule has 1 unspecified atom stereocenters. The van der Waals surface area contributed by atoms with Crippen molar-refractivity contribution in [3.05, 3.63) is 77.3 Å². The van der Waals surface area contributed by atoms with Crippen LogP contribution in [0.15, 0.2) is 71.2 Å². The smallest absolute Gasteiger partial charge is 0.410 e. The molecule has 3 aromatic rings. The van der Waals surface area contributed by atoms with E-state index in [1.165, 1.54) is 0 Å². The van der Waals surface area contributed by atoms with E-state index in [2.05, 4.69) is 22.2 Å². The van der Waals surface area contributed by atoms with E-state index < -0.39 is 0 Å². The molecule has 2 aromatic carbocycles. The van der Waals surface area contributed by atoms with Crippen molar-refractivity contribution in [3.8, 4) is 5.75 Å². The van der Waals surface area contributed by atoms with Crippen LogP contribution in [0.2, 0.25) is 0 Å². The van der Waals surface area contributed by atoms with Gasteiger partial charge < -0.3 is 19.4 Å². The lowest BCUT2D eigenvalue weighted by Gasteiger charge is -2.33. The van der Waals surface area contributed by atoms with E-state index >= 15 is 0 Å². The summed E-state index contributed by atoms with van der Waals surface area (Å²) < 4.78 is 5.44. The van der Waals surface area contributed by atoms with Gasteiger partial charge in [-0.25, -0.2) is 9.78 Å². The van der Waals surface area contributed by atoms with Gasteiger partial charge in [0.25, 0.3) is 0 Å². The zero-order valence-corrected chi connectivity index (χ0v) is 17.7. The van der Waals surface area contributed by atoms with Crippen molar-refractivity contribution >= 4 is 28.3 Å². The normalized spacial score (nSPS) is 18.5. The van der Waals surface area contributed by atoms with Gasteiger partial charge in [-0.2, -0.15) is 0 Å². The number of ether oxygens (including phenoxy) is 1. The highest BCUT2D eigenvalue weighted by molar-refractivity contribution is 7.14. The maximum Gasteiger partial charge on any atom is 0.415 e. The Hall–Kier alpha value is -3.39. The number of rotatable bonds is 4. The topological polar surface area (TPSA) is 67.3 Å². The molecule has 0 saturated carbocycles. The van der Waals surface area contributed by atoms with E-state index in [1.54, 1.807) is 28.4 Å². The van der Waals surface area contributed by atoms with E-state index in [0.29, 0.717) is 38.3 Å². The number of carbonyl (C=O) groups excluding carboxylic acids is 1. The minimum atomic E-state index is -0.310. The summed E-state index contributed by atoms with van der Waals surface area (Å²) in [6.45, 7) is 2.63. The highest BCUT2D eigenvalue weighted by Gasteiger charge is 2.27. The first-order valence-electron chi connectivity index (χ1n) is 10.3. The predicted molar refractivity (Wildman–Crippen MR) is 120 cm³/mol. The number of carbonyl (C=O) groups is 1. The molecule has 2 aliphatic heterocycles. The molecule has 3 heterocycles. The van der Waals surface area contributed by atoms with Gasteiger partial charge in [0.05, 0.1) is 0 Å². The molecule has 0 spiro atoms. The molecular formula is C23H22N4O3S. The fraction of sp³-hybridized carbons (Fsp3) is 0.261. The monoisotopic (exact) mass is 434 g/mol. The molecule has 7 nitrogen and oxygen atoms in total. The molecule has 158 valence electrons. The van der Waals surface area contributed by atoms with Crippen molar-refractivity contribution in [1.29, 1.82) is 0 Å². The third-order valence-corrected chi connectivity index (χ3v) is 6.29. The van der Waals surface area contributed by atoms with E-state index in [1.807, 2.05) is 41.8 Å². The van der Waals surface area contributed by atoms with Gasteiger partial charge in [0.15, 0.2) is 11.2 Å². The number of para-hydroxylation sites is 1. The molecule has 1 saturated heterocycles. The summed E-state index contributed by atoms with van der Waals surface area (Å²) >= 11 is 1.60. The second-order valence-electron chi connectivity index (χ2n) is 7.42. The van der Waals surface area contributed by atoms with E-state index in [0.717, 1.165) is 22.1 Å². The molecule has 1 aromatic heterocycles. The van der Waals surface area contributed by atoms with E-state index in [9.17, 15) is 4.79 Å². The van der Waals surface area contributed by atoms with Crippen molar-refractivity contribution in [2.75, 3.05) is 31.1 Å². The standard InChI is InChI=1S/C23H22N4O3S/c28-23(29-18-9-5-2-6-10-18)27-13-11-26(12-14-27)22-24-20(16-31-22)19-15-21(30-25-19)17-7-3-1-4-8-17/h1-10,16,21H,11-15H2. The number of hydrogen-bond donors (Lipinski definition) is 0. The van der Waals surface area contributed by atoms with Crippen molar-refractivity contribution in [2.24, 2.45) is 5.16 Å². The first-order chi connectivity index (χ1) is 15.3. The quantitative estimate of drug-likeness (QED) is 0.611. The molecule has 0 aliphatic carbocycles. The molecule has 1 atom stereocenters. The van der Waals surface area contributed by atoms with Gasteiger partial charge in [-0.1, -0.05) is 53.7 Å². The Morgan fingerprint density at radius 3 is 2.45 bits per heavy atom. The second-order valence-corrected chi connectivity index (χ2v) is 8.25. The number of nitrogens with zero attached hydrogens (tertiary/aromatic N) is 4. The molecule has 31 heavy (non-hydrogen) atoms. The third-order valence-electron chi connectivity index (χ3n) is 5.38. The molecule has 0 bridgehead atoms. The van der Waals surface area contributed by atoms with Gasteiger partial charge >= 0.3 is 6.09 Å². The Balaban J connectivity index is 1.16. The number of thiazole rings is 1. The number of piperazine rings is 1. The summed E-state index contributed by atoms with van der Waals surface area (Å²) in [7, 11) is 0. The lowest BCUT2D eigenvalue weighted by molar-refractivity contribution is 0.0857. The summed E-state index contributed by atoms with van der Waals surface area (Å²) in [5, 5.41) is 7.24. The SMILES string of the molecule is O=C(Oc1ccccc1)N1CCN(c2nc(C3=NOC(c4ccccc4)C3)cs2)CC1. The van der Waals surface area contributed by atoms with Crippen molar-refractivity contribution in [2.45, 2.75) is 12.5 Å². The van der Waals surface area contributed by atoms with Gasteiger partial charge in [-0.15, -0.1) is 11.3 Å². The van der Waals surface area contributed by atoms with Crippen LogP contribution in [0, 0.1) is 0 Å². The average Bonchev–Trinajstić information content (AvgIpc) is 3.51. The van der Waals surface area contributed by atoms with Crippen LogP contribution in [0.3, 0.4) is 0 Å². The fourth-order valence-corrected chi connectivity index (χ4v) is 4.54. The van der Waals surface area contributed by atoms with Gasteiger partial charge in [0.2, 0.25) is 0 Å². The summed E-state index contributed by atoms with van der Waals surface area (Å²) in [5.74, 6) is 0.563. The summed E-state index contributed by atoms with van der Waals surface area (Å²) in [6.07, 6.45) is 0.349. The Morgan fingerprint density at radius 1 is 1.00 bits per heavy atom. The first kappa shape index (κ1) is 19.6. The zero-order chi connectivity index (χ0) is 21.0. The maximum absolute atomic E-state index is 12.4. The molecule has 2 aliphatic rings. The van der Waals surface area contributed by atoms with E-state index in [-0.39, 0.29) is 12.2 Å². The summed E-state index contributed by atoms with van der Waals surface area (Å²) in [5.41, 5.74) is 2.86. The van der Waals surface area contributed by atoms with Crippen LogP contribution in [0.25, 0.3) is 0 Å². The van der Waals surface area contributed by atoms with Crippen LogP contribution in [0.4, 0.5) is 9.93 Å². The number of oxime groups is 1. The second kappa shape index (κ2) is 8.77. The molecule has 0 N–H and O–H groups in total. The van der Waals surface area contributed by atoms with Crippen LogP contribution < -0.4 is 9.64 Å². The van der Waals surface area contributed by atoms with Crippen LogP contribution in [0.5, 0.6) is 5.75 Å². The average molecular weight is 435 g/mol. The highest BCUT2D eigenvalue weighted by Crippen LogP contribution is 2.31. The minimum Gasteiger partial charge on any atom is -0.410 e. The van der Waals surface area contributed by atoms with Gasteiger partial charge in [0, 0.05) is 38.0 Å². The van der Waals surface area contributed by atoms with Crippen LogP contribution in [0.1, 0.15) is 23.8 Å². The third kappa shape index (κ3) is 4.39. The van der Waals surface area contributed by atoms with Crippen LogP contribution in [-0.2, 0) is 4.84 Å². The fourth-order valence-electron chi connectivity index (χ4n) is 3.65. The first-order valence-corrected chi connectivity index (χ1v) is 11.1. The highest BCUT2D eigenvalue weighted by atomic mass is 32.1. The Labute approximate surface area is 184 Å². The van der Waals surface area contributed by atoms with E-state index in [4.69, 9.17) is 14.6 Å². The molecule has 5 rings (SSSR count). The summed E-state index contributed by atoms with van der Waals surface area (Å²) in [6, 6.07) is 19.3. The largest absolute Gasteiger partial charge is 0.415 e. The Bertz CT molecular complexity index is 1060. The maximum atomic E-state index is 12.4. The lowest BCUT2D eigenvalue weighted by atomic mass is 10.0. The number of anilines is 1. The minimum absolute atomic E-state index is 0.0551. The molecule has 8 heteroatoms. The molecule has 1 amide bonds.